The van der Waals surface area contributed by atoms with Gasteiger partial charge in [-0.3, -0.25) is 4.98 Å². The van der Waals surface area contributed by atoms with Gasteiger partial charge in [0, 0.05) is 34.4 Å². The number of rotatable bonds is 4. The number of anilines is 1. The van der Waals surface area contributed by atoms with Crippen molar-refractivity contribution < 1.29 is 0 Å². The molecule has 1 aliphatic heterocycles. The Bertz CT molecular complexity index is 1200. The molecule has 1 N–H and O–H groups in total. The van der Waals surface area contributed by atoms with E-state index in [1.165, 1.54) is 0 Å². The number of halogens is 1. The van der Waals surface area contributed by atoms with E-state index in [0.29, 0.717) is 5.11 Å². The standard InChI is InChI=1S/C24H20BrN5S/c1-16-7-12-21(27-15-16)29-14-4-6-20(29)23-22(19-5-2-3-13-26-19)28-24(31)30(23)18-10-8-17(25)9-11-18/h2-15,22-23H,1H3,(H,28,31)/t22-,23-/m0/s1. The van der Waals surface area contributed by atoms with Gasteiger partial charge in [-0.1, -0.05) is 28.1 Å². The lowest BCUT2D eigenvalue weighted by Crippen LogP contribution is -2.30. The van der Waals surface area contributed by atoms with Crippen LogP contribution in [0.3, 0.4) is 0 Å². The number of thiocarbonyl (C=S) groups is 1. The molecule has 7 heteroatoms. The Labute approximate surface area is 194 Å². The summed E-state index contributed by atoms with van der Waals surface area (Å²) in [5, 5.41) is 4.18. The number of hydrogen-bond donors (Lipinski definition) is 1. The third kappa shape index (κ3) is 3.75. The second-order valence-electron chi connectivity index (χ2n) is 7.47. The zero-order valence-corrected chi connectivity index (χ0v) is 19.2. The highest BCUT2D eigenvalue weighted by atomic mass is 79.9. The third-order valence-corrected chi connectivity index (χ3v) is 6.27. The largest absolute Gasteiger partial charge is 0.351 e. The first-order valence-electron chi connectivity index (χ1n) is 9.98. The predicted octanol–water partition coefficient (Wildman–Crippen LogP) is 5.52. The van der Waals surface area contributed by atoms with Crippen molar-refractivity contribution >= 4 is 38.9 Å². The molecule has 0 spiro atoms. The van der Waals surface area contributed by atoms with Crippen molar-refractivity contribution in [3.8, 4) is 5.82 Å². The Balaban J connectivity index is 1.66. The normalized spacial score (nSPS) is 18.3. The van der Waals surface area contributed by atoms with Crippen LogP contribution in [0.5, 0.6) is 0 Å². The van der Waals surface area contributed by atoms with Crippen LogP contribution in [-0.2, 0) is 0 Å². The van der Waals surface area contributed by atoms with Gasteiger partial charge in [-0.15, -0.1) is 0 Å². The Hall–Kier alpha value is -3.03. The minimum absolute atomic E-state index is 0.0957. The van der Waals surface area contributed by atoms with Gasteiger partial charge >= 0.3 is 0 Å². The summed E-state index contributed by atoms with van der Waals surface area (Å²) in [5.41, 5.74) is 4.18. The number of nitrogens with one attached hydrogen (secondary N) is 1. The highest BCUT2D eigenvalue weighted by Gasteiger charge is 2.42. The maximum absolute atomic E-state index is 5.81. The molecule has 154 valence electrons. The van der Waals surface area contributed by atoms with Crippen LogP contribution in [0.2, 0.25) is 0 Å². The van der Waals surface area contributed by atoms with Crippen LogP contribution in [0.4, 0.5) is 5.69 Å². The average Bonchev–Trinajstić information content (AvgIpc) is 3.40. The lowest BCUT2D eigenvalue weighted by Gasteiger charge is -2.28. The Kier molecular flexibility index (Phi) is 5.29. The van der Waals surface area contributed by atoms with Crippen molar-refractivity contribution in [2.24, 2.45) is 0 Å². The summed E-state index contributed by atoms with van der Waals surface area (Å²) in [4.78, 5) is 11.4. The van der Waals surface area contributed by atoms with Gasteiger partial charge in [0.1, 0.15) is 11.9 Å². The molecule has 0 radical (unpaired) electrons. The molecule has 0 aliphatic carbocycles. The first-order chi connectivity index (χ1) is 15.1. The lowest BCUT2D eigenvalue weighted by molar-refractivity contribution is 0.548. The van der Waals surface area contributed by atoms with Crippen molar-refractivity contribution in [3.63, 3.8) is 0 Å². The van der Waals surface area contributed by atoms with Crippen molar-refractivity contribution in [2.45, 2.75) is 19.0 Å². The van der Waals surface area contributed by atoms with Crippen LogP contribution in [0, 0.1) is 6.92 Å². The van der Waals surface area contributed by atoms with Crippen LogP contribution in [0.1, 0.15) is 29.0 Å². The van der Waals surface area contributed by atoms with Gasteiger partial charge < -0.3 is 14.8 Å². The minimum Gasteiger partial charge on any atom is -0.351 e. The van der Waals surface area contributed by atoms with Gasteiger partial charge in [0.2, 0.25) is 0 Å². The molecular formula is C24H20BrN5S. The molecule has 1 saturated heterocycles. The molecule has 1 fully saturated rings. The van der Waals surface area contributed by atoms with E-state index >= 15 is 0 Å². The van der Waals surface area contributed by atoms with Gasteiger partial charge in [0.05, 0.1) is 11.7 Å². The van der Waals surface area contributed by atoms with Crippen LogP contribution in [-0.4, -0.2) is 19.6 Å². The number of benzene rings is 1. The molecule has 0 saturated carbocycles. The summed E-state index contributed by atoms with van der Waals surface area (Å²) in [5.74, 6) is 0.874. The van der Waals surface area contributed by atoms with Crippen LogP contribution in [0.15, 0.2) is 89.8 Å². The zero-order valence-electron chi connectivity index (χ0n) is 16.8. The lowest BCUT2D eigenvalue weighted by atomic mass is 10.0. The molecule has 5 nitrogen and oxygen atoms in total. The number of hydrogen-bond acceptors (Lipinski definition) is 3. The van der Waals surface area contributed by atoms with Crippen LogP contribution >= 0.6 is 28.1 Å². The van der Waals surface area contributed by atoms with Crippen molar-refractivity contribution in [1.29, 1.82) is 0 Å². The summed E-state index contributed by atoms with van der Waals surface area (Å²) in [6.07, 6.45) is 5.75. The summed E-state index contributed by atoms with van der Waals surface area (Å²) in [6, 6.07) is 22.3. The maximum atomic E-state index is 5.81. The number of nitrogens with zero attached hydrogens (tertiary/aromatic N) is 4. The summed E-state index contributed by atoms with van der Waals surface area (Å²) in [6.45, 7) is 2.04. The molecule has 3 aromatic heterocycles. The number of aryl methyl sites for hydroxylation is 1. The average molecular weight is 490 g/mol. The first-order valence-corrected chi connectivity index (χ1v) is 11.2. The molecule has 31 heavy (non-hydrogen) atoms. The van der Waals surface area contributed by atoms with Crippen molar-refractivity contribution in [3.05, 3.63) is 107 Å². The third-order valence-electron chi connectivity index (χ3n) is 5.43. The molecule has 0 bridgehead atoms. The van der Waals surface area contributed by atoms with Gasteiger partial charge in [-0.2, -0.15) is 0 Å². The fourth-order valence-corrected chi connectivity index (χ4v) is 4.59. The van der Waals surface area contributed by atoms with Gasteiger partial charge in [-0.05, 0) is 79.3 Å². The quantitative estimate of drug-likeness (QED) is 0.382. The molecule has 0 unspecified atom stereocenters. The monoisotopic (exact) mass is 489 g/mol. The Morgan fingerprint density at radius 2 is 1.81 bits per heavy atom. The fourth-order valence-electron chi connectivity index (χ4n) is 3.98. The van der Waals surface area contributed by atoms with E-state index in [-0.39, 0.29) is 12.1 Å². The SMILES string of the molecule is Cc1ccc(-n2cccc2[C@H]2[C@H](c3ccccn3)NC(=S)N2c2ccc(Br)cc2)nc1. The molecule has 4 heterocycles. The van der Waals surface area contributed by atoms with Crippen LogP contribution < -0.4 is 10.2 Å². The van der Waals surface area contributed by atoms with E-state index in [1.54, 1.807) is 0 Å². The predicted molar refractivity (Wildman–Crippen MR) is 130 cm³/mol. The van der Waals surface area contributed by atoms with Gasteiger partial charge in [0.15, 0.2) is 5.11 Å². The molecule has 0 amide bonds. The Morgan fingerprint density at radius 1 is 0.968 bits per heavy atom. The van der Waals surface area contributed by atoms with E-state index in [0.717, 1.165) is 32.9 Å². The Morgan fingerprint density at radius 3 is 2.52 bits per heavy atom. The second kappa shape index (κ2) is 8.24. The van der Waals surface area contributed by atoms with Gasteiger partial charge in [-0.25, -0.2) is 4.98 Å². The molecule has 2 atom stereocenters. The van der Waals surface area contributed by atoms with Crippen molar-refractivity contribution in [1.82, 2.24) is 19.9 Å². The molecule has 5 rings (SSSR count). The molecule has 1 aliphatic rings. The van der Waals surface area contributed by atoms with E-state index in [4.69, 9.17) is 12.2 Å². The summed E-state index contributed by atoms with van der Waals surface area (Å²) >= 11 is 9.34. The first kappa shape index (κ1) is 19.9. The molecular weight excluding hydrogens is 470 g/mol. The van der Waals surface area contributed by atoms with Crippen molar-refractivity contribution in [2.75, 3.05) is 4.90 Å². The number of aromatic nitrogens is 3. The molecule has 1 aromatic carbocycles. The zero-order chi connectivity index (χ0) is 21.4. The smallest absolute Gasteiger partial charge is 0.174 e. The highest BCUT2D eigenvalue weighted by molar-refractivity contribution is 9.10. The minimum atomic E-state index is -0.101. The topological polar surface area (TPSA) is 46.0 Å². The van der Waals surface area contributed by atoms with E-state index in [9.17, 15) is 0 Å². The summed E-state index contributed by atoms with van der Waals surface area (Å²) < 4.78 is 3.15. The summed E-state index contributed by atoms with van der Waals surface area (Å²) in [7, 11) is 0. The molecule has 4 aromatic rings. The van der Waals surface area contributed by atoms with Crippen LogP contribution in [0.25, 0.3) is 5.82 Å². The highest BCUT2D eigenvalue weighted by Crippen LogP contribution is 2.42. The second-order valence-corrected chi connectivity index (χ2v) is 8.77. The fraction of sp³-hybridized carbons (Fsp3) is 0.125. The van der Waals surface area contributed by atoms with Gasteiger partial charge in [0.25, 0.3) is 0 Å². The maximum Gasteiger partial charge on any atom is 0.174 e. The number of pyridine rings is 2. The van der Waals surface area contributed by atoms with E-state index in [1.807, 2.05) is 68.0 Å². The van der Waals surface area contributed by atoms with E-state index < -0.39 is 0 Å². The van der Waals surface area contributed by atoms with E-state index in [2.05, 4.69) is 64.9 Å².